The molecule has 3 rings (SSSR count). The molecule has 130 valence electrons. The fraction of sp³-hybridized carbons (Fsp3) is 0.294. The van der Waals surface area contributed by atoms with E-state index in [2.05, 4.69) is 15.2 Å². The van der Waals surface area contributed by atoms with Crippen molar-refractivity contribution in [3.63, 3.8) is 0 Å². The molecule has 3 aromatic rings. The molecule has 0 aromatic carbocycles. The number of carbonyl (C=O) groups excluding carboxylic acids is 2. The maximum absolute atomic E-state index is 12.7. The van der Waals surface area contributed by atoms with Gasteiger partial charge in [-0.25, -0.2) is 0 Å². The van der Waals surface area contributed by atoms with Gasteiger partial charge < -0.3 is 9.40 Å². The van der Waals surface area contributed by atoms with Crippen LogP contribution in [0.2, 0.25) is 0 Å². The van der Waals surface area contributed by atoms with Gasteiger partial charge in [0.05, 0.1) is 15.8 Å². The third-order valence-corrected chi connectivity index (χ3v) is 5.61. The van der Waals surface area contributed by atoms with Crippen LogP contribution in [0.1, 0.15) is 46.0 Å². The van der Waals surface area contributed by atoms with Crippen molar-refractivity contribution >= 4 is 34.7 Å². The first-order valence-electron chi connectivity index (χ1n) is 7.66. The van der Waals surface area contributed by atoms with Crippen LogP contribution >= 0.6 is 23.1 Å². The molecular weight excluding hydrogens is 358 g/mol. The quantitative estimate of drug-likeness (QED) is 0.510. The number of nitrogens with zero attached hydrogens (tertiary/aromatic N) is 2. The molecule has 0 saturated heterocycles. The summed E-state index contributed by atoms with van der Waals surface area (Å²) in [6.45, 7) is 6.86. The first-order chi connectivity index (χ1) is 11.9. The lowest BCUT2D eigenvalue weighted by Gasteiger charge is -2.07. The fourth-order valence-corrected chi connectivity index (χ4v) is 4.08. The van der Waals surface area contributed by atoms with Gasteiger partial charge in [-0.05, 0) is 44.7 Å². The molecule has 25 heavy (non-hydrogen) atoms. The minimum atomic E-state index is -0.423. The summed E-state index contributed by atoms with van der Waals surface area (Å²) in [5.74, 6) is 0.292. The van der Waals surface area contributed by atoms with Crippen molar-refractivity contribution < 1.29 is 14.0 Å². The SMILES string of the molecule is CC(=O)c1c(C)[nH]c(C(=O)C(C)Sc2nnc(-c3cccs3)o2)c1C. The summed E-state index contributed by atoms with van der Waals surface area (Å²) in [4.78, 5) is 28.4. The number of thiophene rings is 1. The maximum atomic E-state index is 12.7. The molecule has 0 aliphatic heterocycles. The van der Waals surface area contributed by atoms with E-state index in [4.69, 9.17) is 4.42 Å². The van der Waals surface area contributed by atoms with Gasteiger partial charge in [0.2, 0.25) is 0 Å². The van der Waals surface area contributed by atoms with Crippen LogP contribution in [-0.2, 0) is 0 Å². The Bertz CT molecular complexity index is 925. The molecule has 0 amide bonds. The number of aromatic amines is 1. The van der Waals surface area contributed by atoms with Gasteiger partial charge in [0.25, 0.3) is 11.1 Å². The second-order valence-electron chi connectivity index (χ2n) is 5.66. The molecule has 0 fully saturated rings. The number of nitrogens with one attached hydrogen (secondary N) is 1. The minimum Gasteiger partial charge on any atom is -0.410 e. The Labute approximate surface area is 153 Å². The van der Waals surface area contributed by atoms with Crippen molar-refractivity contribution in [2.45, 2.75) is 38.2 Å². The Hall–Kier alpha value is -2.19. The molecule has 0 spiro atoms. The summed E-state index contributed by atoms with van der Waals surface area (Å²) < 4.78 is 5.62. The second-order valence-corrected chi connectivity index (χ2v) is 7.90. The van der Waals surface area contributed by atoms with Crippen LogP contribution in [0, 0.1) is 13.8 Å². The number of aryl methyl sites for hydroxylation is 1. The molecule has 1 unspecified atom stereocenters. The highest BCUT2D eigenvalue weighted by Crippen LogP contribution is 2.30. The van der Waals surface area contributed by atoms with Crippen LogP contribution < -0.4 is 0 Å². The number of thioether (sulfide) groups is 1. The van der Waals surface area contributed by atoms with Crippen molar-refractivity contribution in [2.24, 2.45) is 0 Å². The Morgan fingerprint density at radius 3 is 2.68 bits per heavy atom. The highest BCUT2D eigenvalue weighted by molar-refractivity contribution is 8.00. The van der Waals surface area contributed by atoms with Crippen molar-refractivity contribution in [3.8, 4) is 10.8 Å². The van der Waals surface area contributed by atoms with Crippen LogP contribution in [0.5, 0.6) is 0 Å². The third-order valence-electron chi connectivity index (χ3n) is 3.82. The number of rotatable bonds is 6. The predicted octanol–water partition coefficient (Wildman–Crippen LogP) is 4.31. The number of aromatic nitrogens is 3. The van der Waals surface area contributed by atoms with Gasteiger partial charge >= 0.3 is 0 Å². The van der Waals surface area contributed by atoms with E-state index in [9.17, 15) is 9.59 Å². The monoisotopic (exact) mass is 375 g/mol. The van der Waals surface area contributed by atoms with Crippen molar-refractivity contribution in [1.29, 1.82) is 0 Å². The Kier molecular flexibility index (Phi) is 4.91. The van der Waals surface area contributed by atoms with Gasteiger partial charge in [-0.2, -0.15) is 0 Å². The first-order valence-corrected chi connectivity index (χ1v) is 9.42. The lowest BCUT2D eigenvalue weighted by molar-refractivity contribution is 0.0988. The van der Waals surface area contributed by atoms with Crippen LogP contribution in [-0.4, -0.2) is 32.0 Å². The zero-order valence-electron chi connectivity index (χ0n) is 14.2. The van der Waals surface area contributed by atoms with E-state index in [1.807, 2.05) is 17.5 Å². The van der Waals surface area contributed by atoms with E-state index in [-0.39, 0.29) is 11.6 Å². The Balaban J connectivity index is 1.78. The van der Waals surface area contributed by atoms with E-state index in [0.717, 1.165) is 4.88 Å². The normalized spacial score (nSPS) is 12.3. The van der Waals surface area contributed by atoms with E-state index >= 15 is 0 Å². The van der Waals surface area contributed by atoms with Crippen LogP contribution in [0.3, 0.4) is 0 Å². The fourth-order valence-electron chi connectivity index (χ4n) is 2.69. The summed E-state index contributed by atoms with van der Waals surface area (Å²) >= 11 is 2.72. The first kappa shape index (κ1) is 17.6. The molecule has 0 bridgehead atoms. The summed E-state index contributed by atoms with van der Waals surface area (Å²) in [5, 5.41) is 9.86. The summed E-state index contributed by atoms with van der Waals surface area (Å²) in [6.07, 6.45) is 0. The van der Waals surface area contributed by atoms with Crippen molar-refractivity contribution in [3.05, 3.63) is 40.0 Å². The molecule has 0 radical (unpaired) electrons. The molecule has 3 aromatic heterocycles. The molecule has 0 aliphatic rings. The smallest absolute Gasteiger partial charge is 0.277 e. The Morgan fingerprint density at radius 1 is 1.32 bits per heavy atom. The van der Waals surface area contributed by atoms with Gasteiger partial charge in [-0.15, -0.1) is 21.5 Å². The second kappa shape index (κ2) is 6.97. The Morgan fingerprint density at radius 2 is 2.08 bits per heavy atom. The number of hydrogen-bond donors (Lipinski definition) is 1. The molecule has 6 nitrogen and oxygen atoms in total. The number of carbonyl (C=O) groups is 2. The lowest BCUT2D eigenvalue weighted by atomic mass is 10.0. The molecular formula is C17H17N3O3S2. The molecule has 1 N–H and O–H groups in total. The van der Waals surface area contributed by atoms with Gasteiger partial charge in [0.15, 0.2) is 11.6 Å². The average molecular weight is 375 g/mol. The molecule has 8 heteroatoms. The van der Waals surface area contributed by atoms with E-state index in [1.54, 1.807) is 20.8 Å². The summed E-state index contributed by atoms with van der Waals surface area (Å²) in [6, 6.07) is 3.81. The van der Waals surface area contributed by atoms with E-state index in [0.29, 0.717) is 33.6 Å². The molecule has 0 saturated carbocycles. The van der Waals surface area contributed by atoms with E-state index < -0.39 is 5.25 Å². The maximum Gasteiger partial charge on any atom is 0.277 e. The summed E-state index contributed by atoms with van der Waals surface area (Å²) in [7, 11) is 0. The van der Waals surface area contributed by atoms with Gasteiger partial charge in [-0.3, -0.25) is 9.59 Å². The third kappa shape index (κ3) is 3.45. The van der Waals surface area contributed by atoms with Crippen LogP contribution in [0.25, 0.3) is 10.8 Å². The number of ketones is 2. The summed E-state index contributed by atoms with van der Waals surface area (Å²) in [5.41, 5.74) is 2.44. The average Bonchev–Trinajstić information content (AvgIpc) is 3.26. The highest BCUT2D eigenvalue weighted by atomic mass is 32.2. The molecule has 1 atom stereocenters. The van der Waals surface area contributed by atoms with Gasteiger partial charge in [-0.1, -0.05) is 17.8 Å². The number of Topliss-reactive ketones (excluding diaryl/α,β-unsaturated/α-hetero) is 2. The lowest BCUT2D eigenvalue weighted by Crippen LogP contribution is -2.15. The standard InChI is InChI=1S/C17H17N3O3S2/c1-8-13(10(3)21)9(2)18-14(8)15(22)11(4)25-17-20-19-16(23-17)12-6-5-7-24-12/h5-7,11,18H,1-4H3. The van der Waals surface area contributed by atoms with E-state index in [1.165, 1.54) is 30.0 Å². The van der Waals surface area contributed by atoms with Crippen molar-refractivity contribution in [2.75, 3.05) is 0 Å². The van der Waals surface area contributed by atoms with Gasteiger partial charge in [0, 0.05) is 11.3 Å². The largest absolute Gasteiger partial charge is 0.410 e. The van der Waals surface area contributed by atoms with Crippen molar-refractivity contribution in [1.82, 2.24) is 15.2 Å². The molecule has 3 heterocycles. The molecule has 0 aliphatic carbocycles. The van der Waals surface area contributed by atoms with Crippen LogP contribution in [0.15, 0.2) is 27.2 Å². The van der Waals surface area contributed by atoms with Gasteiger partial charge in [0.1, 0.15) is 0 Å². The number of hydrogen-bond acceptors (Lipinski definition) is 7. The van der Waals surface area contributed by atoms with Crippen LogP contribution in [0.4, 0.5) is 0 Å². The predicted molar refractivity (Wildman–Crippen MR) is 97.5 cm³/mol. The zero-order chi connectivity index (χ0) is 18.1. The zero-order valence-corrected chi connectivity index (χ0v) is 15.9. The highest BCUT2D eigenvalue weighted by Gasteiger charge is 2.25. The topological polar surface area (TPSA) is 88.9 Å². The number of H-pyrrole nitrogens is 1. The minimum absolute atomic E-state index is 0.0527.